The first kappa shape index (κ1) is 17.5. The van der Waals surface area contributed by atoms with Gasteiger partial charge in [-0.15, -0.1) is 0 Å². The van der Waals surface area contributed by atoms with Crippen LogP contribution in [0.3, 0.4) is 0 Å². The molecule has 0 spiro atoms. The molecule has 2 aromatic rings. The summed E-state index contributed by atoms with van der Waals surface area (Å²) < 4.78 is 5.43. The Balaban J connectivity index is 1.63. The maximum absolute atomic E-state index is 9.81. The molecule has 140 valence electrons. The highest BCUT2D eigenvalue weighted by atomic mass is 16.5. The van der Waals surface area contributed by atoms with E-state index in [4.69, 9.17) is 4.74 Å². The molecule has 0 radical (unpaired) electrons. The average Bonchev–Trinajstić information content (AvgIpc) is 2.73. The monoisotopic (exact) mass is 365 g/mol. The molecule has 2 N–H and O–H groups in total. The number of ether oxygens (including phenoxy) is 1. The molecule has 2 aliphatic rings. The Morgan fingerprint density at radius 2 is 2.00 bits per heavy atom. The molecule has 0 amide bonds. The van der Waals surface area contributed by atoms with Gasteiger partial charge in [0.15, 0.2) is 5.82 Å². The van der Waals surface area contributed by atoms with E-state index in [1.165, 1.54) is 5.57 Å². The van der Waals surface area contributed by atoms with Gasteiger partial charge in [-0.1, -0.05) is 30.4 Å². The lowest BCUT2D eigenvalue weighted by molar-refractivity contribution is 0.122. The molecule has 7 heteroatoms. The lowest BCUT2D eigenvalue weighted by atomic mass is 10.1. The first-order valence-electron chi connectivity index (χ1n) is 9.25. The smallest absolute Gasteiger partial charge is 0.230 e. The zero-order chi connectivity index (χ0) is 18.5. The van der Waals surface area contributed by atoms with Gasteiger partial charge in [0.2, 0.25) is 11.9 Å². The van der Waals surface area contributed by atoms with Crippen LogP contribution in [0.4, 0.5) is 11.9 Å². The summed E-state index contributed by atoms with van der Waals surface area (Å²) in [5.41, 5.74) is 1.99. The molecule has 0 atom stereocenters. The van der Waals surface area contributed by atoms with Crippen LogP contribution in [0, 0.1) is 0 Å². The van der Waals surface area contributed by atoms with Crippen LogP contribution in [0.1, 0.15) is 12.8 Å². The van der Waals surface area contributed by atoms with E-state index in [0.717, 1.165) is 31.5 Å². The number of allylic oxidation sites excluding steroid dienone is 2. The van der Waals surface area contributed by atoms with Crippen molar-refractivity contribution in [2.75, 3.05) is 43.1 Å². The first-order valence-corrected chi connectivity index (χ1v) is 9.25. The second-order valence-corrected chi connectivity index (χ2v) is 6.54. The molecular weight excluding hydrogens is 342 g/mol. The van der Waals surface area contributed by atoms with Crippen molar-refractivity contribution in [1.82, 2.24) is 15.0 Å². The number of nitrogens with one attached hydrogen (secondary N) is 1. The van der Waals surface area contributed by atoms with Gasteiger partial charge < -0.3 is 20.1 Å². The lowest BCUT2D eigenvalue weighted by Crippen LogP contribution is -2.37. The highest BCUT2D eigenvalue weighted by molar-refractivity contribution is 5.60. The number of aromatic hydroxyl groups is 1. The zero-order valence-corrected chi connectivity index (χ0v) is 15.1. The SMILES string of the molecule is Oc1cccc(-c2nc(NCC3=CCCC=C3)nc(N3CCOCC3)n2)c1. The molecule has 27 heavy (non-hydrogen) atoms. The molecular formula is C20H23N5O2. The third-order valence-corrected chi connectivity index (χ3v) is 4.54. The summed E-state index contributed by atoms with van der Waals surface area (Å²) in [5, 5.41) is 13.1. The van der Waals surface area contributed by atoms with E-state index >= 15 is 0 Å². The molecule has 1 saturated heterocycles. The van der Waals surface area contributed by atoms with Crippen molar-refractivity contribution < 1.29 is 9.84 Å². The van der Waals surface area contributed by atoms with Gasteiger partial charge in [-0.3, -0.25) is 0 Å². The van der Waals surface area contributed by atoms with Crippen LogP contribution in [0.25, 0.3) is 11.4 Å². The predicted octanol–water partition coefficient (Wildman–Crippen LogP) is 2.77. The van der Waals surface area contributed by atoms with Crippen molar-refractivity contribution in [3.05, 3.63) is 48.1 Å². The van der Waals surface area contributed by atoms with Gasteiger partial charge in [0.05, 0.1) is 13.2 Å². The molecule has 1 aromatic carbocycles. The van der Waals surface area contributed by atoms with Gasteiger partial charge in [0.25, 0.3) is 0 Å². The number of hydrogen-bond donors (Lipinski definition) is 2. The quantitative estimate of drug-likeness (QED) is 0.843. The van der Waals surface area contributed by atoms with Crippen LogP contribution in [-0.2, 0) is 4.74 Å². The van der Waals surface area contributed by atoms with Crippen LogP contribution in [0.5, 0.6) is 5.75 Å². The number of morpholine rings is 1. The standard InChI is InChI=1S/C20H23N5O2/c26-17-8-4-7-16(13-17)18-22-19(21-14-15-5-2-1-3-6-15)24-20(23-18)25-9-11-27-12-10-25/h2,4-8,13,26H,1,3,9-12,14H2,(H,21,22,23,24). The van der Waals surface area contributed by atoms with Gasteiger partial charge in [-0.25, -0.2) is 0 Å². The largest absolute Gasteiger partial charge is 0.508 e. The molecule has 1 aliphatic heterocycles. The van der Waals surface area contributed by atoms with E-state index in [1.54, 1.807) is 18.2 Å². The minimum absolute atomic E-state index is 0.188. The fourth-order valence-corrected chi connectivity index (χ4v) is 3.10. The second-order valence-electron chi connectivity index (χ2n) is 6.54. The Morgan fingerprint density at radius 3 is 2.78 bits per heavy atom. The van der Waals surface area contributed by atoms with Gasteiger partial charge in [-0.05, 0) is 30.5 Å². The van der Waals surface area contributed by atoms with E-state index in [-0.39, 0.29) is 5.75 Å². The fourth-order valence-electron chi connectivity index (χ4n) is 3.10. The minimum Gasteiger partial charge on any atom is -0.508 e. The predicted molar refractivity (Wildman–Crippen MR) is 105 cm³/mol. The zero-order valence-electron chi connectivity index (χ0n) is 15.1. The molecule has 0 saturated carbocycles. The van der Waals surface area contributed by atoms with E-state index < -0.39 is 0 Å². The van der Waals surface area contributed by atoms with E-state index in [0.29, 0.717) is 37.5 Å². The van der Waals surface area contributed by atoms with Crippen molar-refractivity contribution in [2.24, 2.45) is 0 Å². The Labute approximate surface area is 158 Å². The Kier molecular flexibility index (Phi) is 5.29. The van der Waals surface area contributed by atoms with E-state index in [1.807, 2.05) is 6.07 Å². The number of phenols is 1. The maximum atomic E-state index is 9.81. The fraction of sp³-hybridized carbons (Fsp3) is 0.350. The van der Waals surface area contributed by atoms with E-state index in [2.05, 4.69) is 43.4 Å². The highest BCUT2D eigenvalue weighted by Gasteiger charge is 2.17. The number of hydrogen-bond acceptors (Lipinski definition) is 7. The first-order chi connectivity index (χ1) is 13.3. The maximum Gasteiger partial charge on any atom is 0.230 e. The number of aromatic nitrogens is 3. The van der Waals surface area contributed by atoms with Crippen LogP contribution >= 0.6 is 0 Å². The molecule has 0 bridgehead atoms. The Morgan fingerprint density at radius 1 is 1.11 bits per heavy atom. The number of rotatable bonds is 5. The summed E-state index contributed by atoms with van der Waals surface area (Å²) in [6.07, 6.45) is 8.71. The van der Waals surface area contributed by atoms with Gasteiger partial charge >= 0.3 is 0 Å². The van der Waals surface area contributed by atoms with Gasteiger partial charge in [0, 0.05) is 25.2 Å². The average molecular weight is 365 g/mol. The summed E-state index contributed by atoms with van der Waals surface area (Å²) in [5.74, 6) is 1.89. The molecule has 1 aliphatic carbocycles. The lowest BCUT2D eigenvalue weighted by Gasteiger charge is -2.27. The number of nitrogens with zero attached hydrogens (tertiary/aromatic N) is 4. The van der Waals surface area contributed by atoms with Crippen molar-refractivity contribution in [1.29, 1.82) is 0 Å². The molecule has 0 unspecified atom stereocenters. The Hall–Kier alpha value is -2.93. The van der Waals surface area contributed by atoms with Gasteiger partial charge in [0.1, 0.15) is 5.75 Å². The number of phenolic OH excluding ortho intramolecular Hbond substituents is 1. The third-order valence-electron chi connectivity index (χ3n) is 4.54. The van der Waals surface area contributed by atoms with Gasteiger partial charge in [-0.2, -0.15) is 15.0 Å². The van der Waals surface area contributed by atoms with Crippen LogP contribution in [0.2, 0.25) is 0 Å². The summed E-state index contributed by atoms with van der Waals surface area (Å²) in [4.78, 5) is 15.9. The number of benzene rings is 1. The summed E-state index contributed by atoms with van der Waals surface area (Å²) >= 11 is 0. The van der Waals surface area contributed by atoms with Crippen molar-refractivity contribution in [3.8, 4) is 17.1 Å². The van der Waals surface area contributed by atoms with Crippen molar-refractivity contribution >= 4 is 11.9 Å². The molecule has 1 aromatic heterocycles. The van der Waals surface area contributed by atoms with Crippen molar-refractivity contribution in [3.63, 3.8) is 0 Å². The highest BCUT2D eigenvalue weighted by Crippen LogP contribution is 2.23. The van der Waals surface area contributed by atoms with E-state index in [9.17, 15) is 5.11 Å². The molecule has 4 rings (SSSR count). The molecule has 1 fully saturated rings. The van der Waals surface area contributed by atoms with Crippen molar-refractivity contribution in [2.45, 2.75) is 12.8 Å². The normalized spacial score (nSPS) is 16.9. The summed E-state index contributed by atoms with van der Waals surface area (Å²) in [6.45, 7) is 3.48. The molecule has 7 nitrogen and oxygen atoms in total. The summed E-state index contributed by atoms with van der Waals surface area (Å²) in [6, 6.07) is 6.96. The van der Waals surface area contributed by atoms with Crippen LogP contribution < -0.4 is 10.2 Å². The van der Waals surface area contributed by atoms with Crippen LogP contribution in [0.15, 0.2) is 48.1 Å². The van der Waals surface area contributed by atoms with Crippen LogP contribution in [-0.4, -0.2) is 52.9 Å². The second kappa shape index (κ2) is 8.18. The molecule has 2 heterocycles. The minimum atomic E-state index is 0.188. The summed E-state index contributed by atoms with van der Waals surface area (Å²) in [7, 11) is 0. The topological polar surface area (TPSA) is 83.4 Å². The third kappa shape index (κ3) is 4.43. The number of anilines is 2. The Bertz CT molecular complexity index is 859.